The molecule has 4 rings (SSSR count). The first-order valence-corrected chi connectivity index (χ1v) is 11.3. The van der Waals surface area contributed by atoms with Crippen LogP contribution in [0.25, 0.3) is 0 Å². The van der Waals surface area contributed by atoms with Gasteiger partial charge in [-0.15, -0.1) is 0 Å². The number of piperidine rings is 1. The third-order valence-corrected chi connectivity index (χ3v) is 5.86. The van der Waals surface area contributed by atoms with Gasteiger partial charge in [0.2, 0.25) is 5.91 Å². The normalized spacial score (nSPS) is 15.1. The van der Waals surface area contributed by atoms with Gasteiger partial charge >= 0.3 is 6.18 Å². The fourth-order valence-corrected chi connectivity index (χ4v) is 4.15. The predicted molar refractivity (Wildman–Crippen MR) is 125 cm³/mol. The maximum atomic E-state index is 12.9. The Bertz CT molecular complexity index is 1090. The van der Waals surface area contributed by atoms with Crippen molar-refractivity contribution < 1.29 is 22.7 Å². The van der Waals surface area contributed by atoms with E-state index in [-0.39, 0.29) is 18.4 Å². The van der Waals surface area contributed by atoms with Crippen molar-refractivity contribution >= 4 is 5.91 Å². The van der Waals surface area contributed by atoms with Gasteiger partial charge < -0.3 is 10.1 Å². The van der Waals surface area contributed by atoms with Crippen molar-refractivity contribution in [1.82, 2.24) is 10.2 Å². The zero-order valence-corrected chi connectivity index (χ0v) is 18.7. The minimum Gasteiger partial charge on any atom is -0.457 e. The summed E-state index contributed by atoms with van der Waals surface area (Å²) in [5, 5.41) is 2.98. The van der Waals surface area contributed by atoms with Crippen LogP contribution >= 0.6 is 0 Å². The molecule has 0 radical (unpaired) electrons. The average Bonchev–Trinajstić information content (AvgIpc) is 2.81. The number of nitrogens with zero attached hydrogens (tertiary/aromatic N) is 1. The Morgan fingerprint density at radius 3 is 2.29 bits per heavy atom. The number of nitrogens with one attached hydrogen (secondary N) is 1. The largest absolute Gasteiger partial charge is 0.457 e. The van der Waals surface area contributed by atoms with E-state index in [9.17, 15) is 18.0 Å². The summed E-state index contributed by atoms with van der Waals surface area (Å²) in [5.41, 5.74) is 0.784. The van der Waals surface area contributed by atoms with E-state index >= 15 is 0 Å². The van der Waals surface area contributed by atoms with E-state index in [1.54, 1.807) is 6.07 Å². The highest BCUT2D eigenvalue weighted by Gasteiger charge is 2.30. The van der Waals surface area contributed by atoms with Gasteiger partial charge in [-0.25, -0.2) is 0 Å². The molecule has 1 N–H and O–H groups in total. The molecule has 1 aliphatic rings. The van der Waals surface area contributed by atoms with Crippen LogP contribution < -0.4 is 10.1 Å². The number of rotatable bonds is 7. The molecule has 3 aromatic carbocycles. The first-order chi connectivity index (χ1) is 16.3. The second-order valence-electron chi connectivity index (χ2n) is 8.56. The van der Waals surface area contributed by atoms with E-state index < -0.39 is 11.7 Å². The maximum Gasteiger partial charge on any atom is 0.416 e. The molecule has 178 valence electrons. The van der Waals surface area contributed by atoms with Crippen molar-refractivity contribution in [3.05, 3.63) is 95.6 Å². The lowest BCUT2D eigenvalue weighted by Crippen LogP contribution is -2.44. The van der Waals surface area contributed by atoms with Crippen molar-refractivity contribution in [3.63, 3.8) is 0 Å². The fourth-order valence-electron chi connectivity index (χ4n) is 4.15. The Kier molecular flexibility index (Phi) is 7.53. The van der Waals surface area contributed by atoms with Crippen molar-refractivity contribution in [2.75, 3.05) is 13.1 Å². The Morgan fingerprint density at radius 2 is 1.56 bits per heavy atom. The molecule has 0 atom stereocenters. The summed E-state index contributed by atoms with van der Waals surface area (Å²) >= 11 is 0. The summed E-state index contributed by atoms with van der Waals surface area (Å²) in [6.45, 7) is 2.45. The number of halogens is 3. The van der Waals surface area contributed by atoms with E-state index in [0.717, 1.165) is 61.7 Å². The summed E-state index contributed by atoms with van der Waals surface area (Å²) in [7, 11) is 0. The van der Waals surface area contributed by atoms with Crippen molar-refractivity contribution in [1.29, 1.82) is 0 Å². The highest BCUT2D eigenvalue weighted by molar-refractivity contribution is 5.78. The number of carbonyl (C=O) groups excluding carboxylic acids is 1. The molecule has 0 spiro atoms. The van der Waals surface area contributed by atoms with Crippen LogP contribution in [-0.2, 0) is 23.9 Å². The molecule has 1 saturated heterocycles. The van der Waals surface area contributed by atoms with Crippen LogP contribution in [0, 0.1) is 0 Å². The molecule has 3 aromatic rings. The minimum absolute atomic E-state index is 0.0299. The number of amides is 1. The first-order valence-electron chi connectivity index (χ1n) is 11.3. The van der Waals surface area contributed by atoms with Gasteiger partial charge in [0, 0.05) is 25.7 Å². The summed E-state index contributed by atoms with van der Waals surface area (Å²) < 4.78 is 44.6. The SMILES string of the molecule is O=C(Cc1cccc(C(F)(F)F)c1)NC1CCN(Cc2cccc(Oc3ccccc3)c2)CC1. The van der Waals surface area contributed by atoms with Gasteiger partial charge in [0.25, 0.3) is 0 Å². The lowest BCUT2D eigenvalue weighted by molar-refractivity contribution is -0.137. The number of carbonyl (C=O) groups is 1. The standard InChI is InChI=1S/C27H27F3N2O2/c28-27(29,30)22-8-4-6-20(16-22)18-26(33)31-23-12-14-32(15-13-23)19-21-7-5-11-25(17-21)34-24-9-2-1-3-10-24/h1-11,16-17,23H,12-15,18-19H2,(H,31,33). The summed E-state index contributed by atoms with van der Waals surface area (Å²) in [4.78, 5) is 14.7. The van der Waals surface area contributed by atoms with Gasteiger partial charge in [-0.1, -0.05) is 48.5 Å². The zero-order valence-electron chi connectivity index (χ0n) is 18.7. The minimum atomic E-state index is -4.41. The molecular weight excluding hydrogens is 441 g/mol. The molecule has 0 aliphatic carbocycles. The molecule has 0 unspecified atom stereocenters. The second-order valence-corrected chi connectivity index (χ2v) is 8.56. The van der Waals surface area contributed by atoms with Gasteiger partial charge in [-0.3, -0.25) is 9.69 Å². The summed E-state index contributed by atoms with van der Waals surface area (Å²) in [6, 6.07) is 22.6. The van der Waals surface area contributed by atoms with Gasteiger partial charge in [-0.2, -0.15) is 13.2 Å². The highest BCUT2D eigenvalue weighted by Crippen LogP contribution is 2.29. The van der Waals surface area contributed by atoms with Crippen LogP contribution in [0.5, 0.6) is 11.5 Å². The Hall–Kier alpha value is -3.32. The Morgan fingerprint density at radius 1 is 0.882 bits per heavy atom. The zero-order chi connectivity index (χ0) is 24.0. The average molecular weight is 469 g/mol. The van der Waals surface area contributed by atoms with E-state index in [4.69, 9.17) is 4.74 Å². The molecule has 0 aromatic heterocycles. The van der Waals surface area contributed by atoms with E-state index in [2.05, 4.69) is 16.3 Å². The quantitative estimate of drug-likeness (QED) is 0.475. The fraction of sp³-hybridized carbons (Fsp3) is 0.296. The van der Waals surface area contributed by atoms with E-state index in [1.807, 2.05) is 48.5 Å². The van der Waals surface area contributed by atoms with Crippen molar-refractivity contribution in [2.45, 2.75) is 38.0 Å². The van der Waals surface area contributed by atoms with Crippen molar-refractivity contribution in [2.24, 2.45) is 0 Å². The third kappa shape index (κ3) is 6.84. The maximum absolute atomic E-state index is 12.9. The Balaban J connectivity index is 1.24. The number of alkyl halides is 3. The highest BCUT2D eigenvalue weighted by atomic mass is 19.4. The molecule has 34 heavy (non-hydrogen) atoms. The lowest BCUT2D eigenvalue weighted by atomic mass is 10.0. The number of hydrogen-bond donors (Lipinski definition) is 1. The van der Waals surface area contributed by atoms with E-state index in [1.165, 1.54) is 6.07 Å². The van der Waals surface area contributed by atoms with Crippen LogP contribution in [0.4, 0.5) is 13.2 Å². The summed E-state index contributed by atoms with van der Waals surface area (Å²) in [5.74, 6) is 1.34. The molecule has 4 nitrogen and oxygen atoms in total. The monoisotopic (exact) mass is 468 g/mol. The van der Waals surface area contributed by atoms with Gasteiger partial charge in [-0.05, 0) is 54.3 Å². The number of benzene rings is 3. The van der Waals surface area contributed by atoms with Gasteiger partial charge in [0.05, 0.1) is 12.0 Å². The van der Waals surface area contributed by atoms with Crippen LogP contribution in [0.15, 0.2) is 78.9 Å². The topological polar surface area (TPSA) is 41.6 Å². The van der Waals surface area contributed by atoms with E-state index in [0.29, 0.717) is 5.56 Å². The van der Waals surface area contributed by atoms with Crippen LogP contribution in [0.3, 0.4) is 0 Å². The molecule has 0 saturated carbocycles. The number of ether oxygens (including phenoxy) is 1. The third-order valence-electron chi connectivity index (χ3n) is 5.86. The number of likely N-dealkylation sites (tertiary alicyclic amines) is 1. The number of para-hydroxylation sites is 1. The Labute approximate surface area is 197 Å². The molecule has 1 amide bonds. The first kappa shape index (κ1) is 23.8. The lowest BCUT2D eigenvalue weighted by Gasteiger charge is -2.32. The van der Waals surface area contributed by atoms with Crippen LogP contribution in [0.2, 0.25) is 0 Å². The van der Waals surface area contributed by atoms with Gasteiger partial charge in [0.15, 0.2) is 0 Å². The molecule has 7 heteroatoms. The molecule has 1 fully saturated rings. The van der Waals surface area contributed by atoms with Crippen molar-refractivity contribution in [3.8, 4) is 11.5 Å². The van der Waals surface area contributed by atoms with Crippen LogP contribution in [-0.4, -0.2) is 29.9 Å². The molecule has 1 aliphatic heterocycles. The predicted octanol–water partition coefficient (Wildman–Crippen LogP) is 5.82. The van der Waals surface area contributed by atoms with Gasteiger partial charge in [0.1, 0.15) is 11.5 Å². The summed E-state index contributed by atoms with van der Waals surface area (Å²) in [6.07, 6.45) is -2.87. The molecular formula is C27H27F3N2O2. The molecule has 1 heterocycles. The van der Waals surface area contributed by atoms with Crippen LogP contribution in [0.1, 0.15) is 29.5 Å². The molecule has 0 bridgehead atoms. The second kappa shape index (κ2) is 10.7. The number of hydrogen-bond acceptors (Lipinski definition) is 3. The smallest absolute Gasteiger partial charge is 0.416 e.